The molecule has 32 heavy (non-hydrogen) atoms. The third kappa shape index (κ3) is 4.65. The van der Waals surface area contributed by atoms with Gasteiger partial charge in [-0.25, -0.2) is 0 Å². The number of aliphatic carboxylic acids is 1. The molecular weight excluding hydrogens is 404 g/mol. The third-order valence-electron chi connectivity index (χ3n) is 5.54. The Morgan fingerprint density at radius 2 is 1.88 bits per heavy atom. The summed E-state index contributed by atoms with van der Waals surface area (Å²) < 4.78 is 6.46. The second kappa shape index (κ2) is 9.40. The highest BCUT2D eigenvalue weighted by atomic mass is 16.5. The second-order valence-electron chi connectivity index (χ2n) is 7.69. The van der Waals surface area contributed by atoms with Gasteiger partial charge in [-0.3, -0.25) is 15.0 Å². The lowest BCUT2D eigenvalue weighted by Gasteiger charge is -2.25. The molecule has 7 nitrogen and oxygen atoms in total. The van der Waals surface area contributed by atoms with Crippen molar-refractivity contribution in [2.45, 2.75) is 38.2 Å². The summed E-state index contributed by atoms with van der Waals surface area (Å²) in [6.45, 7) is 3.81. The molecule has 0 amide bonds. The molecule has 3 N–H and O–H groups in total. The van der Waals surface area contributed by atoms with Crippen molar-refractivity contribution in [3.8, 4) is 17.6 Å². The molecule has 0 radical (unpaired) electrons. The van der Waals surface area contributed by atoms with Crippen LogP contribution in [-0.4, -0.2) is 31.5 Å². The number of fused-ring (bicyclic) bond motifs is 1. The minimum Gasteiger partial charge on any atom is -0.485 e. The predicted molar refractivity (Wildman–Crippen MR) is 121 cm³/mol. The van der Waals surface area contributed by atoms with Crippen LogP contribution in [0.3, 0.4) is 0 Å². The van der Waals surface area contributed by atoms with Crippen molar-refractivity contribution in [3.63, 3.8) is 0 Å². The number of ether oxygens (including phenoxy) is 1. The maximum atomic E-state index is 11.2. The average Bonchev–Trinajstić information content (AvgIpc) is 3.48. The number of aromatic nitrogens is 4. The molecule has 2 aromatic heterocycles. The molecule has 7 heteroatoms. The van der Waals surface area contributed by atoms with Gasteiger partial charge in [-0.15, -0.1) is 5.92 Å². The number of benzene rings is 2. The molecule has 3 atom stereocenters. The van der Waals surface area contributed by atoms with Crippen molar-refractivity contribution >= 4 is 16.9 Å². The van der Waals surface area contributed by atoms with Crippen molar-refractivity contribution in [1.29, 1.82) is 0 Å². The van der Waals surface area contributed by atoms with Gasteiger partial charge >= 0.3 is 5.97 Å². The molecule has 0 saturated heterocycles. The fraction of sp³-hybridized carbons (Fsp3) is 0.240. The Morgan fingerprint density at radius 1 is 1.09 bits per heavy atom. The molecule has 0 bridgehead atoms. The number of H-pyrrole nitrogens is 2. The topological polar surface area (TPSA) is 104 Å². The van der Waals surface area contributed by atoms with Crippen LogP contribution < -0.4 is 4.74 Å². The van der Waals surface area contributed by atoms with Crippen molar-refractivity contribution in [2.75, 3.05) is 0 Å². The van der Waals surface area contributed by atoms with E-state index >= 15 is 0 Å². The second-order valence-corrected chi connectivity index (χ2v) is 7.69. The van der Waals surface area contributed by atoms with E-state index in [0.29, 0.717) is 5.75 Å². The monoisotopic (exact) mass is 428 g/mol. The standard InChI is InChI=1S/C25H24N4O3/c1-3-4-18(12-24(30)31)17-7-9-22(10-8-17)32-25(16(2)21-14-26-27-15-21)19-5-6-20-13-28-29-23(20)11-19/h5-11,13-16,18,25H,12H2,1-2H3,(H,26,27)(H,28,29)(H,30,31). The van der Waals surface area contributed by atoms with Crippen LogP contribution in [-0.2, 0) is 4.79 Å². The summed E-state index contributed by atoms with van der Waals surface area (Å²) in [6.07, 6.45) is 5.17. The predicted octanol–water partition coefficient (Wildman–Crippen LogP) is 4.79. The van der Waals surface area contributed by atoms with Crippen molar-refractivity contribution < 1.29 is 14.6 Å². The highest BCUT2D eigenvalue weighted by molar-refractivity contribution is 5.78. The SMILES string of the molecule is CC#CC(CC(=O)O)c1ccc(OC(c2ccc3cn[nH]c3c2)C(C)c2cn[nH]c2)cc1. The Kier molecular flexibility index (Phi) is 6.22. The summed E-state index contributed by atoms with van der Waals surface area (Å²) in [4.78, 5) is 11.2. The third-order valence-corrected chi connectivity index (χ3v) is 5.54. The molecule has 0 saturated carbocycles. The number of rotatable bonds is 8. The van der Waals surface area contributed by atoms with Gasteiger partial charge in [0.15, 0.2) is 0 Å². The highest BCUT2D eigenvalue weighted by Crippen LogP contribution is 2.36. The Balaban J connectivity index is 1.63. The molecule has 0 aliphatic heterocycles. The van der Waals surface area contributed by atoms with Crippen molar-refractivity contribution in [2.24, 2.45) is 0 Å². The van der Waals surface area contributed by atoms with E-state index in [1.54, 1.807) is 19.3 Å². The fourth-order valence-corrected chi connectivity index (χ4v) is 3.80. The van der Waals surface area contributed by atoms with Crippen LogP contribution in [0.4, 0.5) is 0 Å². The maximum absolute atomic E-state index is 11.2. The van der Waals surface area contributed by atoms with Crippen molar-refractivity contribution in [1.82, 2.24) is 20.4 Å². The Labute approximate surface area is 185 Å². The number of nitrogens with one attached hydrogen (secondary N) is 2. The fourth-order valence-electron chi connectivity index (χ4n) is 3.80. The Morgan fingerprint density at radius 3 is 2.56 bits per heavy atom. The molecule has 4 rings (SSSR count). The lowest BCUT2D eigenvalue weighted by atomic mass is 9.92. The van der Waals surface area contributed by atoms with Crippen LogP contribution in [0, 0.1) is 11.8 Å². The molecule has 0 aliphatic carbocycles. The molecule has 4 aromatic rings. The molecule has 3 unspecified atom stereocenters. The van der Waals surface area contributed by atoms with E-state index in [2.05, 4.69) is 45.2 Å². The van der Waals surface area contributed by atoms with Crippen LogP contribution in [0.2, 0.25) is 0 Å². The van der Waals surface area contributed by atoms with E-state index in [1.807, 2.05) is 42.6 Å². The van der Waals surface area contributed by atoms with E-state index in [0.717, 1.165) is 27.6 Å². The number of carboxylic acid groups (broad SMARTS) is 1. The van der Waals surface area contributed by atoms with Gasteiger partial charge in [-0.1, -0.05) is 37.1 Å². The molecule has 2 heterocycles. The summed E-state index contributed by atoms with van der Waals surface area (Å²) in [5, 5.41) is 24.3. The van der Waals surface area contributed by atoms with Gasteiger partial charge in [0, 0.05) is 17.5 Å². The molecule has 162 valence electrons. The summed E-state index contributed by atoms with van der Waals surface area (Å²) in [7, 11) is 0. The van der Waals surface area contributed by atoms with Gasteiger partial charge in [-0.05, 0) is 41.8 Å². The van der Waals surface area contributed by atoms with Gasteiger partial charge in [-0.2, -0.15) is 10.2 Å². The normalized spacial score (nSPS) is 13.7. The zero-order valence-corrected chi connectivity index (χ0v) is 17.9. The van der Waals surface area contributed by atoms with Crippen LogP contribution in [0.5, 0.6) is 5.75 Å². The minimum absolute atomic E-state index is 0.0273. The van der Waals surface area contributed by atoms with E-state index in [1.165, 1.54) is 0 Å². The number of hydrogen-bond donors (Lipinski definition) is 3. The molecule has 0 aliphatic rings. The van der Waals surface area contributed by atoms with Gasteiger partial charge in [0.05, 0.1) is 30.2 Å². The molecule has 2 aromatic carbocycles. The highest BCUT2D eigenvalue weighted by Gasteiger charge is 2.24. The van der Waals surface area contributed by atoms with Crippen LogP contribution in [0.25, 0.3) is 10.9 Å². The largest absolute Gasteiger partial charge is 0.485 e. The van der Waals surface area contributed by atoms with E-state index in [9.17, 15) is 9.90 Å². The van der Waals surface area contributed by atoms with Crippen LogP contribution in [0.1, 0.15) is 54.9 Å². The number of carboxylic acids is 1. The summed E-state index contributed by atoms with van der Waals surface area (Å²) in [5.41, 5.74) is 3.85. The van der Waals surface area contributed by atoms with E-state index in [4.69, 9.17) is 4.74 Å². The molecular formula is C25H24N4O3. The lowest BCUT2D eigenvalue weighted by molar-refractivity contribution is -0.137. The van der Waals surface area contributed by atoms with E-state index < -0.39 is 5.97 Å². The minimum atomic E-state index is -0.874. The molecule has 0 spiro atoms. The summed E-state index contributed by atoms with van der Waals surface area (Å²) >= 11 is 0. The van der Waals surface area contributed by atoms with Gasteiger partial charge in [0.25, 0.3) is 0 Å². The number of aromatic amines is 2. The lowest BCUT2D eigenvalue weighted by Crippen LogP contribution is -2.15. The first kappa shape index (κ1) is 21.2. The average molecular weight is 428 g/mol. The Bertz CT molecular complexity index is 1250. The molecule has 0 fully saturated rings. The first-order valence-electron chi connectivity index (χ1n) is 10.4. The quantitative estimate of drug-likeness (QED) is 0.350. The van der Waals surface area contributed by atoms with E-state index in [-0.39, 0.29) is 24.4 Å². The Hall–Kier alpha value is -4.05. The number of carbonyl (C=O) groups is 1. The number of hydrogen-bond acceptors (Lipinski definition) is 4. The first-order valence-corrected chi connectivity index (χ1v) is 10.4. The smallest absolute Gasteiger partial charge is 0.304 e. The summed E-state index contributed by atoms with van der Waals surface area (Å²) in [5.74, 6) is 5.29. The zero-order chi connectivity index (χ0) is 22.5. The summed E-state index contributed by atoms with van der Waals surface area (Å²) in [6, 6.07) is 13.6. The van der Waals surface area contributed by atoms with Gasteiger partial charge in [0.1, 0.15) is 11.9 Å². The van der Waals surface area contributed by atoms with Gasteiger partial charge in [0.2, 0.25) is 0 Å². The zero-order valence-electron chi connectivity index (χ0n) is 17.9. The maximum Gasteiger partial charge on any atom is 0.304 e. The van der Waals surface area contributed by atoms with Crippen LogP contribution in [0.15, 0.2) is 61.1 Å². The number of nitrogens with zero attached hydrogens (tertiary/aromatic N) is 2. The first-order chi connectivity index (χ1) is 15.5. The van der Waals surface area contributed by atoms with Gasteiger partial charge < -0.3 is 9.84 Å². The van der Waals surface area contributed by atoms with Crippen molar-refractivity contribution in [3.05, 3.63) is 77.7 Å². The van der Waals surface area contributed by atoms with Crippen LogP contribution >= 0.6 is 0 Å².